The highest BCUT2D eigenvalue weighted by Gasteiger charge is 2.20. The molecule has 0 fully saturated rings. The molecular formula is C17H21N3O5. The van der Waals surface area contributed by atoms with Crippen LogP contribution in [0, 0.1) is 0 Å². The molecule has 1 amide bonds. The van der Waals surface area contributed by atoms with Crippen molar-refractivity contribution in [1.29, 1.82) is 0 Å². The van der Waals surface area contributed by atoms with E-state index < -0.39 is 18.3 Å². The quantitative estimate of drug-likeness (QED) is 0.657. The van der Waals surface area contributed by atoms with Gasteiger partial charge in [-0.1, -0.05) is 30.3 Å². The number of ether oxygens (including phenoxy) is 2. The van der Waals surface area contributed by atoms with Crippen molar-refractivity contribution in [3.05, 3.63) is 53.7 Å². The number of rotatable bonds is 8. The van der Waals surface area contributed by atoms with Crippen LogP contribution in [0.3, 0.4) is 0 Å². The number of carbonyl (C=O) groups is 1. The fourth-order valence-electron chi connectivity index (χ4n) is 2.05. The van der Waals surface area contributed by atoms with Crippen molar-refractivity contribution in [2.75, 3.05) is 13.7 Å². The summed E-state index contributed by atoms with van der Waals surface area (Å²) in [5, 5.41) is 30.0. The molecule has 1 heterocycles. The van der Waals surface area contributed by atoms with Gasteiger partial charge in [-0.3, -0.25) is 0 Å². The molecule has 0 bridgehead atoms. The zero-order chi connectivity index (χ0) is 18.1. The fourth-order valence-corrected chi connectivity index (χ4v) is 2.05. The molecule has 0 spiro atoms. The lowest BCUT2D eigenvalue weighted by Crippen LogP contribution is -2.30. The standard InChI is InChI=1S/C17H21N3O5/c1-24-15-8-7-13(19-20-15)16(22)14(21)9-10-18-17(23)25-11-12-5-3-2-4-6-12/h2-8,14,16,21-22H,9-11H2,1H3,(H,18,23). The van der Waals surface area contributed by atoms with Gasteiger partial charge in [-0.15, -0.1) is 10.2 Å². The number of hydrogen-bond donors (Lipinski definition) is 3. The molecule has 0 aliphatic carbocycles. The van der Waals surface area contributed by atoms with Crippen LogP contribution in [-0.4, -0.2) is 46.3 Å². The Morgan fingerprint density at radius 1 is 1.16 bits per heavy atom. The Balaban J connectivity index is 1.69. The number of nitrogens with zero attached hydrogens (tertiary/aromatic N) is 2. The monoisotopic (exact) mass is 347 g/mol. The Hall–Kier alpha value is -2.71. The zero-order valence-electron chi connectivity index (χ0n) is 13.8. The largest absolute Gasteiger partial charge is 0.480 e. The van der Waals surface area contributed by atoms with Crippen LogP contribution in [-0.2, 0) is 11.3 Å². The maximum Gasteiger partial charge on any atom is 0.407 e. The minimum atomic E-state index is -1.21. The Labute approximate surface area is 145 Å². The first-order valence-corrected chi connectivity index (χ1v) is 7.78. The summed E-state index contributed by atoms with van der Waals surface area (Å²) in [6.45, 7) is 0.314. The second-order valence-corrected chi connectivity index (χ2v) is 5.29. The van der Waals surface area contributed by atoms with E-state index in [0.717, 1.165) is 5.56 Å². The number of carbonyl (C=O) groups excluding carboxylic acids is 1. The first-order chi connectivity index (χ1) is 12.1. The van der Waals surface area contributed by atoms with Gasteiger partial charge in [0.15, 0.2) is 0 Å². The van der Waals surface area contributed by atoms with E-state index in [-0.39, 0.29) is 25.3 Å². The molecule has 2 unspecified atom stereocenters. The Morgan fingerprint density at radius 2 is 1.92 bits per heavy atom. The highest BCUT2D eigenvalue weighted by molar-refractivity contribution is 5.67. The lowest BCUT2D eigenvalue weighted by molar-refractivity contribution is 0.0105. The molecule has 0 aliphatic heterocycles. The minimum Gasteiger partial charge on any atom is -0.480 e. The lowest BCUT2D eigenvalue weighted by atomic mass is 10.1. The van der Waals surface area contributed by atoms with Crippen LogP contribution in [0.5, 0.6) is 5.88 Å². The van der Waals surface area contributed by atoms with Gasteiger partial charge in [-0.25, -0.2) is 4.79 Å². The first kappa shape index (κ1) is 18.6. The van der Waals surface area contributed by atoms with Crippen molar-refractivity contribution in [3.8, 4) is 5.88 Å². The Kier molecular flexibility index (Phi) is 7.12. The number of benzene rings is 1. The van der Waals surface area contributed by atoms with E-state index >= 15 is 0 Å². The van der Waals surface area contributed by atoms with Gasteiger partial charge < -0.3 is 25.0 Å². The van der Waals surface area contributed by atoms with Crippen molar-refractivity contribution in [1.82, 2.24) is 15.5 Å². The summed E-state index contributed by atoms with van der Waals surface area (Å²) in [7, 11) is 1.46. The maximum atomic E-state index is 11.6. The van der Waals surface area contributed by atoms with E-state index in [1.165, 1.54) is 19.2 Å². The van der Waals surface area contributed by atoms with Gasteiger partial charge in [0, 0.05) is 12.6 Å². The van der Waals surface area contributed by atoms with Crippen LogP contribution in [0.1, 0.15) is 23.8 Å². The third-order valence-corrected chi connectivity index (χ3v) is 3.46. The van der Waals surface area contributed by atoms with Crippen LogP contribution < -0.4 is 10.1 Å². The molecule has 2 rings (SSSR count). The molecule has 2 atom stereocenters. The molecule has 8 heteroatoms. The van der Waals surface area contributed by atoms with Gasteiger partial charge in [0.2, 0.25) is 5.88 Å². The summed E-state index contributed by atoms with van der Waals surface area (Å²) in [4.78, 5) is 11.6. The molecule has 134 valence electrons. The van der Waals surface area contributed by atoms with Crippen LogP contribution in [0.15, 0.2) is 42.5 Å². The summed E-state index contributed by atoms with van der Waals surface area (Å²) in [6.07, 6.45) is -2.76. The molecule has 25 heavy (non-hydrogen) atoms. The number of alkyl carbamates (subject to hydrolysis) is 1. The summed E-state index contributed by atoms with van der Waals surface area (Å²) in [5.74, 6) is 0.313. The second-order valence-electron chi connectivity index (χ2n) is 5.29. The molecule has 0 saturated carbocycles. The van der Waals surface area contributed by atoms with Crippen molar-refractivity contribution < 1.29 is 24.5 Å². The van der Waals surface area contributed by atoms with Crippen LogP contribution in [0.4, 0.5) is 4.79 Å². The molecular weight excluding hydrogens is 326 g/mol. The molecule has 1 aromatic carbocycles. The SMILES string of the molecule is COc1ccc(C(O)C(O)CCNC(=O)OCc2ccccc2)nn1. The number of amides is 1. The predicted octanol–water partition coefficient (Wildman–Crippen LogP) is 1.20. The number of aliphatic hydroxyl groups is 2. The number of nitrogens with one attached hydrogen (secondary N) is 1. The first-order valence-electron chi connectivity index (χ1n) is 7.78. The van der Waals surface area contributed by atoms with Crippen molar-refractivity contribution in [2.24, 2.45) is 0 Å². The topological polar surface area (TPSA) is 114 Å². The normalized spacial score (nSPS) is 12.9. The predicted molar refractivity (Wildman–Crippen MR) is 88.8 cm³/mol. The summed E-state index contributed by atoms with van der Waals surface area (Å²) in [5.41, 5.74) is 1.10. The highest BCUT2D eigenvalue weighted by atomic mass is 16.5. The van der Waals surface area contributed by atoms with Gasteiger partial charge >= 0.3 is 6.09 Å². The highest BCUT2D eigenvalue weighted by Crippen LogP contribution is 2.17. The van der Waals surface area contributed by atoms with Crippen molar-refractivity contribution in [3.63, 3.8) is 0 Å². The average molecular weight is 347 g/mol. The Bertz CT molecular complexity index is 651. The minimum absolute atomic E-state index is 0.134. The van der Waals surface area contributed by atoms with E-state index in [2.05, 4.69) is 15.5 Å². The summed E-state index contributed by atoms with van der Waals surface area (Å²) in [6, 6.07) is 12.3. The molecule has 3 N–H and O–H groups in total. The Morgan fingerprint density at radius 3 is 2.56 bits per heavy atom. The molecule has 0 saturated heterocycles. The molecule has 1 aromatic heterocycles. The smallest absolute Gasteiger partial charge is 0.407 e. The van der Waals surface area contributed by atoms with Crippen molar-refractivity contribution >= 4 is 6.09 Å². The van der Waals surface area contributed by atoms with Crippen LogP contribution in [0.2, 0.25) is 0 Å². The number of methoxy groups -OCH3 is 1. The third-order valence-electron chi connectivity index (χ3n) is 3.46. The number of aromatic nitrogens is 2. The molecule has 2 aromatic rings. The van der Waals surface area contributed by atoms with E-state index in [1.807, 2.05) is 30.3 Å². The second kappa shape index (κ2) is 9.55. The van der Waals surface area contributed by atoms with E-state index in [1.54, 1.807) is 0 Å². The van der Waals surface area contributed by atoms with Gasteiger partial charge in [-0.05, 0) is 18.1 Å². The zero-order valence-corrected chi connectivity index (χ0v) is 13.8. The molecule has 8 nitrogen and oxygen atoms in total. The van der Waals surface area contributed by atoms with Crippen LogP contribution in [0.25, 0.3) is 0 Å². The summed E-state index contributed by atoms with van der Waals surface area (Å²) < 4.78 is 9.93. The van der Waals surface area contributed by atoms with Crippen LogP contribution >= 0.6 is 0 Å². The van der Waals surface area contributed by atoms with E-state index in [4.69, 9.17) is 9.47 Å². The van der Waals surface area contributed by atoms with Gasteiger partial charge in [0.05, 0.1) is 18.9 Å². The fraction of sp³-hybridized carbons (Fsp3) is 0.353. The number of hydrogen-bond acceptors (Lipinski definition) is 7. The van der Waals surface area contributed by atoms with Gasteiger partial charge in [-0.2, -0.15) is 0 Å². The number of aliphatic hydroxyl groups excluding tert-OH is 2. The third kappa shape index (κ3) is 6.02. The maximum absolute atomic E-state index is 11.6. The van der Waals surface area contributed by atoms with Gasteiger partial charge in [0.1, 0.15) is 12.7 Å². The van der Waals surface area contributed by atoms with E-state index in [9.17, 15) is 15.0 Å². The molecule has 0 aliphatic rings. The van der Waals surface area contributed by atoms with Gasteiger partial charge in [0.25, 0.3) is 0 Å². The van der Waals surface area contributed by atoms with E-state index in [0.29, 0.717) is 5.88 Å². The lowest BCUT2D eigenvalue weighted by Gasteiger charge is -2.17. The van der Waals surface area contributed by atoms with Crippen molar-refractivity contribution in [2.45, 2.75) is 25.2 Å². The average Bonchev–Trinajstić information content (AvgIpc) is 2.66. The summed E-state index contributed by atoms with van der Waals surface area (Å²) >= 11 is 0. The molecule has 0 radical (unpaired) electrons.